The normalized spacial score (nSPS) is 0. The Labute approximate surface area is 92.0 Å². The largest absolute Gasteiger partial charge is 0.412 e. The fraction of sp³-hybridized carbons (Fsp3) is 0. The average molecular weight is 313 g/mol. The van der Waals surface area contributed by atoms with Gasteiger partial charge in [0.2, 0.25) is 0 Å². The standard InChI is InChI=1S/Cu.2Fe.4H2O.Zn/h;;;4*1H2;. The molecule has 8 heteroatoms. The fourth-order valence-electron chi connectivity index (χ4n) is 0. The van der Waals surface area contributed by atoms with Gasteiger partial charge in [-0.1, -0.05) is 0 Å². The minimum atomic E-state index is 0. The van der Waals surface area contributed by atoms with Crippen LogP contribution < -0.4 is 0 Å². The second kappa shape index (κ2) is 142. The molecule has 0 rings (SSSR count). The Morgan fingerprint density at radius 2 is 0.500 bits per heavy atom. The summed E-state index contributed by atoms with van der Waals surface area (Å²) in [7, 11) is 0. The van der Waals surface area contributed by atoms with Crippen molar-refractivity contribution in [3.63, 3.8) is 0 Å². The Balaban J connectivity index is 0. The van der Waals surface area contributed by atoms with E-state index in [-0.39, 0.29) is 92.6 Å². The SMILES string of the molecule is O.O.O.O.[Cu].[Fe].[Fe].[Zn]. The molecular weight excluding hydrogens is 305 g/mol. The van der Waals surface area contributed by atoms with E-state index in [9.17, 15) is 0 Å². The molecule has 0 fully saturated rings. The summed E-state index contributed by atoms with van der Waals surface area (Å²) < 4.78 is 0. The summed E-state index contributed by atoms with van der Waals surface area (Å²) in [5, 5.41) is 0. The molecule has 0 heterocycles. The molecule has 0 amide bonds. The quantitative estimate of drug-likeness (QED) is 0.415. The molecule has 61 valence electrons. The van der Waals surface area contributed by atoms with Crippen molar-refractivity contribution < 1.29 is 92.6 Å². The zero-order chi connectivity index (χ0) is 0. The van der Waals surface area contributed by atoms with Crippen LogP contribution in [0, 0.1) is 0 Å². The zero-order valence-corrected chi connectivity index (χ0v) is 9.83. The van der Waals surface area contributed by atoms with Crippen molar-refractivity contribution in [3.05, 3.63) is 0 Å². The maximum Gasteiger partial charge on any atom is 0 e. The Kier molecular flexibility index (Phi) is 3540. The molecule has 0 saturated heterocycles. The molecule has 0 atom stereocenters. The predicted molar refractivity (Wildman–Crippen MR) is 14.5 cm³/mol. The van der Waals surface area contributed by atoms with E-state index < -0.39 is 0 Å². The summed E-state index contributed by atoms with van der Waals surface area (Å²) in [5.41, 5.74) is 0. The van der Waals surface area contributed by atoms with E-state index in [0.29, 0.717) is 0 Å². The average Bonchev–Trinajstić information content (AvgIpc) is 0. The van der Waals surface area contributed by atoms with Crippen LogP contribution in [0.15, 0.2) is 0 Å². The Hall–Kier alpha value is 2.02. The molecule has 0 aliphatic heterocycles. The second-order valence-corrected chi connectivity index (χ2v) is 0. The van der Waals surface area contributed by atoms with Crippen LogP contribution in [0.25, 0.3) is 0 Å². The summed E-state index contributed by atoms with van der Waals surface area (Å²) in [6, 6.07) is 0. The van der Waals surface area contributed by atoms with Crippen LogP contribution in [0.1, 0.15) is 0 Å². The Bertz CT molecular complexity index is 14.0. The first-order valence-electron chi connectivity index (χ1n) is 0. The molecule has 0 aromatic carbocycles. The molecule has 0 aromatic rings. The second-order valence-electron chi connectivity index (χ2n) is 0. The van der Waals surface area contributed by atoms with Gasteiger partial charge in [-0.2, -0.15) is 0 Å². The van der Waals surface area contributed by atoms with Gasteiger partial charge in [0.05, 0.1) is 0 Å². The van der Waals surface area contributed by atoms with Crippen molar-refractivity contribution >= 4 is 0 Å². The van der Waals surface area contributed by atoms with E-state index in [4.69, 9.17) is 0 Å². The van der Waals surface area contributed by atoms with Gasteiger partial charge in [-0.15, -0.1) is 0 Å². The zero-order valence-electron chi connectivity index (χ0n) is 3.72. The van der Waals surface area contributed by atoms with Gasteiger partial charge < -0.3 is 21.9 Å². The van der Waals surface area contributed by atoms with E-state index >= 15 is 0 Å². The van der Waals surface area contributed by atoms with Gasteiger partial charge in [-0.25, -0.2) is 0 Å². The van der Waals surface area contributed by atoms with E-state index in [0.717, 1.165) is 0 Å². The van der Waals surface area contributed by atoms with Gasteiger partial charge in [-0.05, 0) is 0 Å². The summed E-state index contributed by atoms with van der Waals surface area (Å²) in [4.78, 5) is 0. The maximum absolute atomic E-state index is 0. The van der Waals surface area contributed by atoms with Crippen LogP contribution in [-0.2, 0) is 70.7 Å². The van der Waals surface area contributed by atoms with Gasteiger partial charge in [0.1, 0.15) is 0 Å². The molecule has 0 spiro atoms. The summed E-state index contributed by atoms with van der Waals surface area (Å²) in [6.45, 7) is 0. The monoisotopic (exact) mass is 311 g/mol. The van der Waals surface area contributed by atoms with Crippen molar-refractivity contribution in [2.45, 2.75) is 0 Å². The van der Waals surface area contributed by atoms with E-state index in [1.54, 1.807) is 0 Å². The van der Waals surface area contributed by atoms with Gasteiger partial charge in [0, 0.05) is 70.7 Å². The van der Waals surface area contributed by atoms with Crippen molar-refractivity contribution in [3.8, 4) is 0 Å². The number of hydrogen-bond acceptors (Lipinski definition) is 0. The van der Waals surface area contributed by atoms with Crippen molar-refractivity contribution in [2.75, 3.05) is 0 Å². The smallest absolute Gasteiger partial charge is 0 e. The molecular formula is H8CuFe2O4Zn. The first-order chi connectivity index (χ1) is 0. The van der Waals surface area contributed by atoms with E-state index in [1.807, 2.05) is 0 Å². The summed E-state index contributed by atoms with van der Waals surface area (Å²) in [5.74, 6) is 0. The van der Waals surface area contributed by atoms with Crippen molar-refractivity contribution in [2.24, 2.45) is 0 Å². The Morgan fingerprint density at radius 3 is 0.500 bits per heavy atom. The molecule has 0 aliphatic rings. The van der Waals surface area contributed by atoms with Crippen LogP contribution in [0.4, 0.5) is 0 Å². The maximum atomic E-state index is 0. The molecule has 1 radical (unpaired) electrons. The van der Waals surface area contributed by atoms with Crippen molar-refractivity contribution in [1.29, 1.82) is 0 Å². The Morgan fingerprint density at radius 1 is 0.500 bits per heavy atom. The van der Waals surface area contributed by atoms with Crippen molar-refractivity contribution in [1.82, 2.24) is 0 Å². The van der Waals surface area contributed by atoms with Crippen LogP contribution >= 0.6 is 0 Å². The van der Waals surface area contributed by atoms with E-state index in [1.165, 1.54) is 0 Å². The molecule has 0 aliphatic carbocycles. The van der Waals surface area contributed by atoms with Crippen LogP contribution in [0.2, 0.25) is 0 Å². The molecule has 0 aromatic heterocycles. The van der Waals surface area contributed by atoms with Gasteiger partial charge in [0.15, 0.2) is 0 Å². The predicted octanol–water partition coefficient (Wildman–Crippen LogP) is -3.31. The third-order valence-corrected chi connectivity index (χ3v) is 0. The summed E-state index contributed by atoms with van der Waals surface area (Å²) >= 11 is 0. The van der Waals surface area contributed by atoms with Gasteiger partial charge in [-0.3, -0.25) is 0 Å². The van der Waals surface area contributed by atoms with Gasteiger partial charge in [0.25, 0.3) is 0 Å². The minimum Gasteiger partial charge on any atom is -0.412 e. The van der Waals surface area contributed by atoms with Crippen LogP contribution in [0.5, 0.6) is 0 Å². The number of rotatable bonds is 0. The molecule has 0 saturated carbocycles. The topological polar surface area (TPSA) is 126 Å². The summed E-state index contributed by atoms with van der Waals surface area (Å²) in [6.07, 6.45) is 0. The third-order valence-electron chi connectivity index (χ3n) is 0. The first kappa shape index (κ1) is 200. The molecule has 0 bridgehead atoms. The van der Waals surface area contributed by atoms with Crippen LogP contribution in [0.3, 0.4) is 0 Å². The fourth-order valence-corrected chi connectivity index (χ4v) is 0. The molecule has 4 nitrogen and oxygen atoms in total. The number of hydrogen-bond donors (Lipinski definition) is 0. The third kappa shape index (κ3) is 96.8. The molecule has 0 unspecified atom stereocenters. The molecule has 8 N–H and O–H groups in total. The molecule has 8 heavy (non-hydrogen) atoms. The van der Waals surface area contributed by atoms with E-state index in [2.05, 4.69) is 0 Å². The van der Waals surface area contributed by atoms with Crippen LogP contribution in [-0.4, -0.2) is 21.9 Å². The first-order valence-corrected chi connectivity index (χ1v) is 0. The minimum absolute atomic E-state index is 0. The van der Waals surface area contributed by atoms with Gasteiger partial charge >= 0.3 is 0 Å².